The molecule has 1 aliphatic rings. The fourth-order valence-corrected chi connectivity index (χ4v) is 3.98. The summed E-state index contributed by atoms with van der Waals surface area (Å²) in [4.78, 5) is 12.1. The van der Waals surface area contributed by atoms with Crippen LogP contribution in [0.15, 0.2) is 29.2 Å². The van der Waals surface area contributed by atoms with Gasteiger partial charge in [0, 0.05) is 18.4 Å². The largest absolute Gasteiger partial charge is 0.369 e. The first-order chi connectivity index (χ1) is 13.1. The molecule has 0 bridgehead atoms. The summed E-state index contributed by atoms with van der Waals surface area (Å²) in [5, 5.41) is 12.1. The SMILES string of the molecule is NC(=O)CNS(=O)(=O)c1ccc(-c2nnn(CC3CCC(F)(F)CC3)n2)cc1. The molecule has 1 aliphatic carbocycles. The van der Waals surface area contributed by atoms with E-state index >= 15 is 0 Å². The number of nitrogens with zero attached hydrogens (tertiary/aromatic N) is 4. The molecule has 1 saturated carbocycles. The lowest BCUT2D eigenvalue weighted by molar-refractivity contribution is -0.116. The highest BCUT2D eigenvalue weighted by Gasteiger charge is 2.35. The molecule has 0 radical (unpaired) electrons. The Balaban J connectivity index is 1.64. The van der Waals surface area contributed by atoms with Crippen LogP contribution in [-0.2, 0) is 21.4 Å². The molecular formula is C16H20F2N6O3S. The molecule has 1 amide bonds. The molecule has 1 aromatic carbocycles. The molecule has 0 unspecified atom stereocenters. The molecule has 2 aromatic rings. The van der Waals surface area contributed by atoms with Crippen molar-refractivity contribution in [2.45, 2.75) is 43.0 Å². The van der Waals surface area contributed by atoms with E-state index in [2.05, 4.69) is 20.1 Å². The van der Waals surface area contributed by atoms with Gasteiger partial charge in [-0.1, -0.05) is 0 Å². The van der Waals surface area contributed by atoms with Gasteiger partial charge in [-0.2, -0.15) is 4.80 Å². The number of nitrogens with two attached hydrogens (primary N) is 1. The summed E-state index contributed by atoms with van der Waals surface area (Å²) >= 11 is 0. The number of tetrazole rings is 1. The van der Waals surface area contributed by atoms with E-state index in [1.165, 1.54) is 29.1 Å². The van der Waals surface area contributed by atoms with Crippen molar-refractivity contribution in [2.75, 3.05) is 6.54 Å². The normalized spacial score (nSPS) is 17.5. The van der Waals surface area contributed by atoms with Crippen molar-refractivity contribution in [3.63, 3.8) is 0 Å². The average molecular weight is 414 g/mol. The lowest BCUT2D eigenvalue weighted by Crippen LogP contribution is -2.33. The Hall–Kier alpha value is -2.47. The highest BCUT2D eigenvalue weighted by Crippen LogP contribution is 2.36. The van der Waals surface area contributed by atoms with E-state index in [0.29, 0.717) is 30.8 Å². The smallest absolute Gasteiger partial charge is 0.248 e. The number of carbonyl (C=O) groups is 1. The van der Waals surface area contributed by atoms with Crippen molar-refractivity contribution in [3.8, 4) is 11.4 Å². The van der Waals surface area contributed by atoms with E-state index in [1.807, 2.05) is 0 Å². The Morgan fingerprint density at radius 3 is 2.50 bits per heavy atom. The zero-order chi connectivity index (χ0) is 20.4. The Labute approximate surface area is 160 Å². The Morgan fingerprint density at radius 1 is 1.25 bits per heavy atom. The summed E-state index contributed by atoms with van der Waals surface area (Å²) in [5.41, 5.74) is 5.48. The van der Waals surface area contributed by atoms with Crippen molar-refractivity contribution >= 4 is 15.9 Å². The van der Waals surface area contributed by atoms with Crippen LogP contribution in [0.2, 0.25) is 0 Å². The number of nitrogens with one attached hydrogen (secondary N) is 1. The number of amides is 1. The van der Waals surface area contributed by atoms with E-state index in [-0.39, 0.29) is 23.7 Å². The second kappa shape index (κ2) is 7.87. The maximum Gasteiger partial charge on any atom is 0.248 e. The van der Waals surface area contributed by atoms with Crippen LogP contribution in [0.1, 0.15) is 25.7 Å². The summed E-state index contributed by atoms with van der Waals surface area (Å²) in [5.74, 6) is -2.99. The topological polar surface area (TPSA) is 133 Å². The lowest BCUT2D eigenvalue weighted by Gasteiger charge is -2.27. The van der Waals surface area contributed by atoms with Crippen LogP contribution < -0.4 is 10.5 Å². The minimum absolute atomic E-state index is 0.0342. The summed E-state index contributed by atoms with van der Waals surface area (Å²) in [6.45, 7) is -0.0837. The van der Waals surface area contributed by atoms with Crippen molar-refractivity contribution in [1.82, 2.24) is 24.9 Å². The number of carbonyl (C=O) groups excluding carboxylic acids is 1. The van der Waals surface area contributed by atoms with E-state index in [1.54, 1.807) is 0 Å². The zero-order valence-corrected chi connectivity index (χ0v) is 15.7. The third-order valence-electron chi connectivity index (χ3n) is 4.57. The molecule has 1 aromatic heterocycles. The van der Waals surface area contributed by atoms with Crippen molar-refractivity contribution in [1.29, 1.82) is 0 Å². The quantitative estimate of drug-likeness (QED) is 0.692. The monoisotopic (exact) mass is 414 g/mol. The van der Waals surface area contributed by atoms with E-state index in [0.717, 1.165) is 0 Å². The van der Waals surface area contributed by atoms with Gasteiger partial charge in [0.15, 0.2) is 0 Å². The zero-order valence-electron chi connectivity index (χ0n) is 14.9. The van der Waals surface area contributed by atoms with Gasteiger partial charge in [0.1, 0.15) is 0 Å². The molecule has 28 heavy (non-hydrogen) atoms. The number of rotatable bonds is 7. The molecule has 3 N–H and O–H groups in total. The van der Waals surface area contributed by atoms with E-state index < -0.39 is 28.4 Å². The van der Waals surface area contributed by atoms with Crippen LogP contribution in [-0.4, -0.2) is 47.0 Å². The van der Waals surface area contributed by atoms with Gasteiger partial charge in [0.05, 0.1) is 18.0 Å². The Bertz CT molecular complexity index is 936. The molecule has 9 nitrogen and oxygen atoms in total. The minimum Gasteiger partial charge on any atom is -0.369 e. The summed E-state index contributed by atoms with van der Waals surface area (Å²) in [6, 6.07) is 5.73. The molecule has 12 heteroatoms. The Kier molecular flexibility index (Phi) is 5.70. The van der Waals surface area contributed by atoms with Gasteiger partial charge in [-0.3, -0.25) is 4.79 Å². The number of halogens is 2. The second-order valence-electron chi connectivity index (χ2n) is 6.78. The summed E-state index contributed by atoms with van der Waals surface area (Å²) in [6.07, 6.45) is 0.571. The van der Waals surface area contributed by atoms with Crippen molar-refractivity contribution in [2.24, 2.45) is 11.7 Å². The molecule has 0 saturated heterocycles. The number of alkyl halides is 2. The first kappa shape index (κ1) is 20.3. The fourth-order valence-electron chi connectivity index (χ4n) is 2.98. The van der Waals surface area contributed by atoms with Gasteiger partial charge in [-0.05, 0) is 48.2 Å². The van der Waals surface area contributed by atoms with Gasteiger partial charge in [-0.25, -0.2) is 21.9 Å². The number of hydrogen-bond donors (Lipinski definition) is 2. The maximum atomic E-state index is 13.2. The van der Waals surface area contributed by atoms with Gasteiger partial charge in [-0.15, -0.1) is 10.2 Å². The molecule has 152 valence electrons. The molecule has 0 aliphatic heterocycles. The minimum atomic E-state index is -3.85. The first-order valence-electron chi connectivity index (χ1n) is 8.69. The van der Waals surface area contributed by atoms with Crippen LogP contribution in [0.5, 0.6) is 0 Å². The average Bonchev–Trinajstić information content (AvgIpc) is 3.11. The van der Waals surface area contributed by atoms with Crippen LogP contribution in [0.25, 0.3) is 11.4 Å². The molecule has 3 rings (SSSR count). The Morgan fingerprint density at radius 2 is 1.89 bits per heavy atom. The van der Waals surface area contributed by atoms with Crippen LogP contribution in [0, 0.1) is 5.92 Å². The standard InChI is InChI=1S/C16H20F2N6O3S/c17-16(18)7-5-11(6-8-16)10-24-22-15(21-23-24)12-1-3-13(4-2-12)28(26,27)20-9-14(19)25/h1-4,11,20H,5-10H2,(H2,19,25). The third-order valence-corrected chi connectivity index (χ3v) is 5.99. The van der Waals surface area contributed by atoms with Crippen molar-refractivity contribution < 1.29 is 22.0 Å². The van der Waals surface area contributed by atoms with Gasteiger partial charge >= 0.3 is 0 Å². The molecule has 1 heterocycles. The predicted octanol–water partition coefficient (Wildman–Crippen LogP) is 0.929. The van der Waals surface area contributed by atoms with Crippen LogP contribution in [0.4, 0.5) is 8.78 Å². The lowest BCUT2D eigenvalue weighted by atomic mass is 9.87. The van der Waals surface area contributed by atoms with Gasteiger partial charge in [0.25, 0.3) is 0 Å². The summed E-state index contributed by atoms with van der Waals surface area (Å²) < 4.78 is 52.6. The fraction of sp³-hybridized carbons (Fsp3) is 0.500. The van der Waals surface area contributed by atoms with Crippen molar-refractivity contribution in [3.05, 3.63) is 24.3 Å². The second-order valence-corrected chi connectivity index (χ2v) is 8.55. The predicted molar refractivity (Wildman–Crippen MR) is 94.5 cm³/mol. The number of primary amides is 1. The molecule has 0 spiro atoms. The molecular weight excluding hydrogens is 394 g/mol. The number of sulfonamides is 1. The molecule has 0 atom stereocenters. The van der Waals surface area contributed by atoms with Crippen LogP contribution >= 0.6 is 0 Å². The molecule has 1 fully saturated rings. The highest BCUT2D eigenvalue weighted by atomic mass is 32.2. The van der Waals surface area contributed by atoms with Gasteiger partial charge in [0.2, 0.25) is 27.7 Å². The number of benzene rings is 1. The number of aromatic nitrogens is 4. The summed E-state index contributed by atoms with van der Waals surface area (Å²) in [7, 11) is -3.85. The van der Waals surface area contributed by atoms with Gasteiger partial charge < -0.3 is 5.73 Å². The number of hydrogen-bond acceptors (Lipinski definition) is 6. The maximum absolute atomic E-state index is 13.2. The van der Waals surface area contributed by atoms with E-state index in [4.69, 9.17) is 5.73 Å². The van der Waals surface area contributed by atoms with E-state index in [9.17, 15) is 22.0 Å². The first-order valence-corrected chi connectivity index (χ1v) is 10.2. The third kappa shape index (κ3) is 5.07. The van der Waals surface area contributed by atoms with Crippen LogP contribution in [0.3, 0.4) is 0 Å². The highest BCUT2D eigenvalue weighted by molar-refractivity contribution is 7.89.